The summed E-state index contributed by atoms with van der Waals surface area (Å²) < 4.78 is 10.3. The molecule has 0 radical (unpaired) electrons. The Kier molecular flexibility index (Phi) is 1.73. The van der Waals surface area contributed by atoms with E-state index in [0.717, 1.165) is 16.5 Å². The van der Waals surface area contributed by atoms with Gasteiger partial charge in [0.2, 0.25) is 0 Å². The number of benzene rings is 1. The maximum absolute atomic E-state index is 10.8. The highest BCUT2D eigenvalue weighted by Gasteiger charge is 2.11. The summed E-state index contributed by atoms with van der Waals surface area (Å²) in [5.41, 5.74) is 1.88. The number of fused-ring (bicyclic) bond motifs is 1. The zero-order valence-electron chi connectivity index (χ0n) is 8.48. The Balaban J connectivity index is 2.22. The van der Waals surface area contributed by atoms with Crippen LogP contribution in [0.15, 0.2) is 37.9 Å². The first kappa shape index (κ1) is 8.96. The molecule has 0 saturated carbocycles. The summed E-state index contributed by atoms with van der Waals surface area (Å²) in [4.78, 5) is 10.8. The highest BCUT2D eigenvalue weighted by Crippen LogP contribution is 2.26. The van der Waals surface area contributed by atoms with Crippen LogP contribution in [-0.2, 0) is 0 Å². The van der Waals surface area contributed by atoms with E-state index in [1.54, 1.807) is 6.07 Å². The van der Waals surface area contributed by atoms with E-state index in [4.69, 9.17) is 8.83 Å². The van der Waals surface area contributed by atoms with Crippen LogP contribution in [0.1, 0.15) is 5.56 Å². The lowest BCUT2D eigenvalue weighted by Crippen LogP contribution is -1.93. The fraction of sp³-hybridized carbons (Fsp3) is 0.0909. The molecule has 0 aliphatic heterocycles. The third-order valence-electron chi connectivity index (χ3n) is 2.32. The zero-order valence-corrected chi connectivity index (χ0v) is 8.48. The number of nitrogens with zero attached hydrogens (tertiary/aromatic N) is 1. The molecule has 2 heterocycles. The van der Waals surface area contributed by atoms with Gasteiger partial charge in [-0.1, -0.05) is 11.6 Å². The van der Waals surface area contributed by atoms with E-state index in [0.29, 0.717) is 5.76 Å². The SMILES string of the molecule is Cc1ccc2oc(-c3n[nH]c(=O)o3)cc2c1. The highest BCUT2D eigenvalue weighted by molar-refractivity contribution is 5.82. The Morgan fingerprint density at radius 3 is 2.88 bits per heavy atom. The molecule has 0 aliphatic carbocycles. The van der Waals surface area contributed by atoms with Crippen molar-refractivity contribution in [2.75, 3.05) is 0 Å². The molecular weight excluding hydrogens is 208 g/mol. The largest absolute Gasteiger partial charge is 0.451 e. The second-order valence-corrected chi connectivity index (χ2v) is 3.57. The van der Waals surface area contributed by atoms with Crippen molar-refractivity contribution < 1.29 is 8.83 Å². The summed E-state index contributed by atoms with van der Waals surface area (Å²) >= 11 is 0. The number of H-pyrrole nitrogens is 1. The van der Waals surface area contributed by atoms with Gasteiger partial charge >= 0.3 is 5.76 Å². The number of aromatic amines is 1. The topological polar surface area (TPSA) is 72.0 Å². The minimum atomic E-state index is -0.591. The molecule has 2 aromatic heterocycles. The third kappa shape index (κ3) is 1.33. The molecule has 80 valence electrons. The Labute approximate surface area is 89.7 Å². The Morgan fingerprint density at radius 1 is 1.25 bits per heavy atom. The van der Waals surface area contributed by atoms with Crippen molar-refractivity contribution in [1.29, 1.82) is 0 Å². The number of furan rings is 1. The number of aryl methyl sites for hydroxylation is 1. The number of aromatic nitrogens is 2. The first-order valence-electron chi connectivity index (χ1n) is 4.78. The zero-order chi connectivity index (χ0) is 11.1. The third-order valence-corrected chi connectivity index (χ3v) is 2.32. The number of nitrogens with one attached hydrogen (secondary N) is 1. The molecule has 0 spiro atoms. The number of hydrogen-bond acceptors (Lipinski definition) is 4. The van der Waals surface area contributed by atoms with Gasteiger partial charge in [0, 0.05) is 5.39 Å². The average molecular weight is 216 g/mol. The van der Waals surface area contributed by atoms with E-state index in [9.17, 15) is 4.79 Å². The lowest BCUT2D eigenvalue weighted by Gasteiger charge is -1.89. The summed E-state index contributed by atoms with van der Waals surface area (Å²) in [7, 11) is 0. The molecular formula is C11H8N2O3. The van der Waals surface area contributed by atoms with Crippen LogP contribution >= 0.6 is 0 Å². The molecule has 3 rings (SSSR count). The van der Waals surface area contributed by atoms with Gasteiger partial charge in [0.05, 0.1) is 0 Å². The van der Waals surface area contributed by atoms with Crippen LogP contribution in [0.5, 0.6) is 0 Å². The van der Waals surface area contributed by atoms with Crippen molar-refractivity contribution in [2.45, 2.75) is 6.92 Å². The monoisotopic (exact) mass is 216 g/mol. The molecule has 0 fully saturated rings. The molecule has 0 atom stereocenters. The van der Waals surface area contributed by atoms with Crippen LogP contribution in [0.3, 0.4) is 0 Å². The quantitative estimate of drug-likeness (QED) is 0.675. The van der Waals surface area contributed by atoms with Crippen molar-refractivity contribution in [3.63, 3.8) is 0 Å². The first-order chi connectivity index (χ1) is 7.72. The van der Waals surface area contributed by atoms with Crippen LogP contribution in [-0.4, -0.2) is 10.2 Å². The van der Waals surface area contributed by atoms with Crippen LogP contribution in [0.4, 0.5) is 0 Å². The second kappa shape index (κ2) is 3.10. The summed E-state index contributed by atoms with van der Waals surface area (Å²) in [5.74, 6) is 0.0180. The van der Waals surface area contributed by atoms with Gasteiger partial charge < -0.3 is 8.83 Å². The molecule has 0 aliphatic rings. The van der Waals surface area contributed by atoms with Gasteiger partial charge in [-0.15, -0.1) is 5.10 Å². The Hall–Kier alpha value is -2.30. The summed E-state index contributed by atoms with van der Waals surface area (Å²) in [6, 6.07) is 7.61. The fourth-order valence-electron chi connectivity index (χ4n) is 1.60. The minimum absolute atomic E-state index is 0.166. The highest BCUT2D eigenvalue weighted by atomic mass is 16.4. The van der Waals surface area contributed by atoms with E-state index in [-0.39, 0.29) is 5.89 Å². The molecule has 5 heteroatoms. The standard InChI is InChI=1S/C11H8N2O3/c1-6-2-3-8-7(4-6)5-9(15-8)10-12-13-11(14)16-10/h2-5H,1H3,(H,13,14). The second-order valence-electron chi connectivity index (χ2n) is 3.57. The normalized spacial score (nSPS) is 11.1. The molecule has 0 saturated heterocycles. The van der Waals surface area contributed by atoms with Gasteiger partial charge in [0.15, 0.2) is 5.76 Å². The van der Waals surface area contributed by atoms with Crippen molar-refractivity contribution in [1.82, 2.24) is 10.2 Å². The molecule has 16 heavy (non-hydrogen) atoms. The Bertz CT molecular complexity index is 705. The minimum Gasteiger partial charge on any atom is -0.451 e. The van der Waals surface area contributed by atoms with Gasteiger partial charge in [-0.05, 0) is 25.1 Å². The van der Waals surface area contributed by atoms with Crippen molar-refractivity contribution in [3.8, 4) is 11.7 Å². The molecule has 3 aromatic rings. The van der Waals surface area contributed by atoms with Gasteiger partial charge in [0.25, 0.3) is 5.89 Å². The lowest BCUT2D eigenvalue weighted by molar-refractivity contribution is 0.502. The van der Waals surface area contributed by atoms with E-state index < -0.39 is 5.76 Å². The van der Waals surface area contributed by atoms with Gasteiger partial charge in [-0.25, -0.2) is 9.89 Å². The number of rotatable bonds is 1. The Morgan fingerprint density at radius 2 is 2.12 bits per heavy atom. The molecule has 0 amide bonds. The van der Waals surface area contributed by atoms with Crippen LogP contribution < -0.4 is 5.76 Å². The summed E-state index contributed by atoms with van der Waals surface area (Å²) in [5, 5.41) is 6.86. The summed E-state index contributed by atoms with van der Waals surface area (Å²) in [6.45, 7) is 2.00. The predicted molar refractivity (Wildman–Crippen MR) is 57.1 cm³/mol. The predicted octanol–water partition coefficient (Wildman–Crippen LogP) is 2.08. The van der Waals surface area contributed by atoms with Gasteiger partial charge in [0.1, 0.15) is 5.58 Å². The first-order valence-corrected chi connectivity index (χ1v) is 4.78. The van der Waals surface area contributed by atoms with Crippen LogP contribution in [0, 0.1) is 6.92 Å². The fourth-order valence-corrected chi connectivity index (χ4v) is 1.60. The van der Waals surface area contributed by atoms with E-state index in [1.165, 1.54) is 0 Å². The average Bonchev–Trinajstić information content (AvgIpc) is 2.83. The van der Waals surface area contributed by atoms with Crippen LogP contribution in [0.25, 0.3) is 22.6 Å². The molecule has 5 nitrogen and oxygen atoms in total. The molecule has 0 unspecified atom stereocenters. The number of hydrogen-bond donors (Lipinski definition) is 1. The maximum atomic E-state index is 10.8. The van der Waals surface area contributed by atoms with Crippen LogP contribution in [0.2, 0.25) is 0 Å². The maximum Gasteiger partial charge on any atom is 0.434 e. The van der Waals surface area contributed by atoms with E-state index >= 15 is 0 Å². The van der Waals surface area contributed by atoms with Crippen molar-refractivity contribution in [3.05, 3.63) is 40.4 Å². The van der Waals surface area contributed by atoms with Crippen molar-refractivity contribution in [2.24, 2.45) is 0 Å². The molecule has 1 N–H and O–H groups in total. The van der Waals surface area contributed by atoms with E-state index in [1.807, 2.05) is 25.1 Å². The smallest absolute Gasteiger partial charge is 0.434 e. The van der Waals surface area contributed by atoms with Gasteiger partial charge in [-0.3, -0.25) is 0 Å². The van der Waals surface area contributed by atoms with E-state index in [2.05, 4.69) is 10.2 Å². The molecule has 1 aromatic carbocycles. The van der Waals surface area contributed by atoms with Crippen molar-refractivity contribution >= 4 is 11.0 Å². The lowest BCUT2D eigenvalue weighted by atomic mass is 10.2. The molecule has 0 bridgehead atoms. The summed E-state index contributed by atoms with van der Waals surface area (Å²) in [6.07, 6.45) is 0. The van der Waals surface area contributed by atoms with Gasteiger partial charge in [-0.2, -0.15) is 0 Å².